The number of benzene rings is 3. The van der Waals surface area contributed by atoms with E-state index in [1.807, 2.05) is 0 Å². The van der Waals surface area contributed by atoms with Gasteiger partial charge in [-0.15, -0.1) is 0 Å². The number of carbonyl (C=O) groups is 5. The van der Waals surface area contributed by atoms with Gasteiger partial charge in [-0.2, -0.15) is 0 Å². The molecule has 1 aliphatic rings. The Labute approximate surface area is 234 Å². The number of amides is 3. The van der Waals surface area contributed by atoms with Gasteiger partial charge in [-0.25, -0.2) is 14.5 Å². The monoisotopic (exact) mass is 561 g/mol. The van der Waals surface area contributed by atoms with Gasteiger partial charge in [0.2, 0.25) is 0 Å². The number of rotatable bonds is 8. The maximum absolute atomic E-state index is 13.1. The van der Waals surface area contributed by atoms with Crippen molar-refractivity contribution in [1.29, 1.82) is 0 Å². The predicted octanol–water partition coefficient (Wildman–Crippen LogP) is 4.73. The Bertz CT molecular complexity index is 1530. The second-order valence-corrected chi connectivity index (χ2v) is 9.24. The number of anilines is 3. The van der Waals surface area contributed by atoms with E-state index >= 15 is 0 Å². The fourth-order valence-electron chi connectivity index (χ4n) is 3.77. The molecular formula is C29H24ClN3O7. The van der Waals surface area contributed by atoms with Crippen molar-refractivity contribution < 1.29 is 33.4 Å². The molecule has 11 heteroatoms. The van der Waals surface area contributed by atoms with Gasteiger partial charge in [0.05, 0.1) is 30.0 Å². The first-order valence-electron chi connectivity index (χ1n) is 12.1. The topological polar surface area (TPSA) is 131 Å². The minimum atomic E-state index is -0.725. The quantitative estimate of drug-likeness (QED) is 0.298. The molecule has 3 aromatic rings. The number of ether oxygens (including phenoxy) is 2. The number of carbonyl (C=O) groups excluding carboxylic acids is 5. The van der Waals surface area contributed by atoms with Crippen LogP contribution in [-0.2, 0) is 19.1 Å². The first-order chi connectivity index (χ1) is 19.1. The molecule has 3 aromatic carbocycles. The Balaban J connectivity index is 1.43. The van der Waals surface area contributed by atoms with E-state index < -0.39 is 29.7 Å². The largest absolute Gasteiger partial charge is 0.465 e. The molecule has 0 fully saturated rings. The standard InChI is InChI=1S/C29H24ClN3O7/c1-16(2)40-29(38)18-9-13-22(14-10-18)33-26(35)23(30)24(27(33)36)31-20-11-7-17(8-12-20)25(34)32-21-6-4-5-19(15-21)28(37)39-3/h4-16,31H,1-3H3,(H,32,34). The Morgan fingerprint density at radius 3 is 2.08 bits per heavy atom. The summed E-state index contributed by atoms with van der Waals surface area (Å²) < 4.78 is 9.84. The molecule has 2 N–H and O–H groups in total. The molecule has 0 atom stereocenters. The van der Waals surface area contributed by atoms with Gasteiger partial charge in [0, 0.05) is 16.9 Å². The summed E-state index contributed by atoms with van der Waals surface area (Å²) in [6, 6.07) is 18.3. The first-order valence-corrected chi connectivity index (χ1v) is 12.4. The molecule has 0 aliphatic carbocycles. The average molecular weight is 562 g/mol. The number of nitrogens with zero attached hydrogens (tertiary/aromatic N) is 1. The van der Waals surface area contributed by atoms with Gasteiger partial charge in [-0.05, 0) is 80.6 Å². The lowest BCUT2D eigenvalue weighted by Gasteiger charge is -2.16. The SMILES string of the molecule is COC(=O)c1cccc(NC(=O)c2ccc(NC3=C(Cl)C(=O)N(c4ccc(C(=O)OC(C)C)cc4)C3=O)cc2)c1. The minimum absolute atomic E-state index is 0.133. The molecule has 0 aromatic heterocycles. The third kappa shape index (κ3) is 6.02. The summed E-state index contributed by atoms with van der Waals surface area (Å²) in [6.45, 7) is 3.46. The van der Waals surface area contributed by atoms with Crippen molar-refractivity contribution in [2.75, 3.05) is 22.6 Å². The van der Waals surface area contributed by atoms with E-state index in [9.17, 15) is 24.0 Å². The molecule has 0 saturated carbocycles. The van der Waals surface area contributed by atoms with Crippen LogP contribution in [0.2, 0.25) is 0 Å². The van der Waals surface area contributed by atoms with Crippen molar-refractivity contribution in [1.82, 2.24) is 0 Å². The first kappa shape index (κ1) is 28.1. The normalized spacial score (nSPS) is 13.0. The Morgan fingerprint density at radius 2 is 1.45 bits per heavy atom. The van der Waals surface area contributed by atoms with Gasteiger partial charge >= 0.3 is 11.9 Å². The molecule has 204 valence electrons. The number of methoxy groups -OCH3 is 1. The number of nitrogens with one attached hydrogen (secondary N) is 2. The Hall–Kier alpha value is -4.96. The van der Waals surface area contributed by atoms with Crippen molar-refractivity contribution in [2.24, 2.45) is 0 Å². The molecule has 4 rings (SSSR count). The molecular weight excluding hydrogens is 538 g/mol. The van der Waals surface area contributed by atoms with Gasteiger partial charge in [-0.1, -0.05) is 17.7 Å². The summed E-state index contributed by atoms with van der Waals surface area (Å²) >= 11 is 6.21. The number of imide groups is 1. The minimum Gasteiger partial charge on any atom is -0.465 e. The van der Waals surface area contributed by atoms with E-state index in [4.69, 9.17) is 21.1 Å². The van der Waals surface area contributed by atoms with Crippen LogP contribution in [0.1, 0.15) is 44.9 Å². The highest BCUT2D eigenvalue weighted by Crippen LogP contribution is 2.30. The van der Waals surface area contributed by atoms with E-state index in [0.29, 0.717) is 22.5 Å². The highest BCUT2D eigenvalue weighted by molar-refractivity contribution is 6.53. The molecule has 3 amide bonds. The molecule has 40 heavy (non-hydrogen) atoms. The van der Waals surface area contributed by atoms with Crippen LogP contribution in [-0.4, -0.2) is 42.9 Å². The molecule has 1 heterocycles. The summed E-state index contributed by atoms with van der Waals surface area (Å²) in [5, 5.41) is 5.24. The van der Waals surface area contributed by atoms with E-state index in [0.717, 1.165) is 4.90 Å². The smallest absolute Gasteiger partial charge is 0.338 e. The van der Waals surface area contributed by atoms with E-state index in [2.05, 4.69) is 10.6 Å². The van der Waals surface area contributed by atoms with Crippen molar-refractivity contribution in [2.45, 2.75) is 20.0 Å². The van der Waals surface area contributed by atoms with Gasteiger partial charge in [-0.3, -0.25) is 14.4 Å². The van der Waals surface area contributed by atoms with Crippen LogP contribution >= 0.6 is 11.6 Å². The lowest BCUT2D eigenvalue weighted by molar-refractivity contribution is -0.120. The maximum Gasteiger partial charge on any atom is 0.338 e. The fourth-order valence-corrected chi connectivity index (χ4v) is 3.98. The Morgan fingerprint density at radius 1 is 0.800 bits per heavy atom. The average Bonchev–Trinajstić information content (AvgIpc) is 3.15. The molecule has 0 unspecified atom stereocenters. The van der Waals surface area contributed by atoms with Crippen LogP contribution in [0.5, 0.6) is 0 Å². The molecule has 10 nitrogen and oxygen atoms in total. The molecule has 1 aliphatic heterocycles. The lowest BCUT2D eigenvalue weighted by Crippen LogP contribution is -2.32. The summed E-state index contributed by atoms with van der Waals surface area (Å²) in [5.41, 5.74) is 1.79. The van der Waals surface area contributed by atoms with Crippen LogP contribution < -0.4 is 15.5 Å². The highest BCUT2D eigenvalue weighted by Gasteiger charge is 2.39. The summed E-state index contributed by atoms with van der Waals surface area (Å²) in [4.78, 5) is 63.2. The third-order valence-corrected chi connectivity index (χ3v) is 6.04. The maximum atomic E-state index is 13.1. The molecule has 0 bridgehead atoms. The van der Waals surface area contributed by atoms with Gasteiger partial charge in [0.15, 0.2) is 0 Å². The number of hydrogen-bond acceptors (Lipinski definition) is 8. The summed E-state index contributed by atoms with van der Waals surface area (Å²) in [6.07, 6.45) is -0.292. The van der Waals surface area contributed by atoms with Crippen molar-refractivity contribution in [3.05, 3.63) is 100 Å². The van der Waals surface area contributed by atoms with Gasteiger partial charge in [0.25, 0.3) is 17.7 Å². The van der Waals surface area contributed by atoms with E-state index in [1.165, 1.54) is 49.6 Å². The highest BCUT2D eigenvalue weighted by atomic mass is 35.5. The van der Waals surface area contributed by atoms with Crippen molar-refractivity contribution in [3.8, 4) is 0 Å². The second-order valence-electron chi connectivity index (χ2n) is 8.86. The van der Waals surface area contributed by atoms with Crippen molar-refractivity contribution >= 4 is 58.3 Å². The number of halogens is 1. The summed E-state index contributed by atoms with van der Waals surface area (Å²) in [7, 11) is 1.27. The zero-order chi connectivity index (χ0) is 29.0. The van der Waals surface area contributed by atoms with E-state index in [1.54, 1.807) is 44.2 Å². The number of hydrogen-bond donors (Lipinski definition) is 2. The van der Waals surface area contributed by atoms with Crippen LogP contribution in [0, 0.1) is 0 Å². The molecule has 0 radical (unpaired) electrons. The van der Waals surface area contributed by atoms with Crippen molar-refractivity contribution in [3.63, 3.8) is 0 Å². The summed E-state index contributed by atoms with van der Waals surface area (Å²) in [5.74, 6) is -2.88. The number of esters is 2. The predicted molar refractivity (Wildman–Crippen MR) is 148 cm³/mol. The third-order valence-electron chi connectivity index (χ3n) is 5.69. The van der Waals surface area contributed by atoms with Crippen LogP contribution in [0.15, 0.2) is 83.5 Å². The van der Waals surface area contributed by atoms with Crippen LogP contribution in [0.3, 0.4) is 0 Å². The van der Waals surface area contributed by atoms with Crippen LogP contribution in [0.25, 0.3) is 0 Å². The molecule has 0 saturated heterocycles. The van der Waals surface area contributed by atoms with Gasteiger partial charge < -0.3 is 20.1 Å². The zero-order valence-electron chi connectivity index (χ0n) is 21.7. The second kappa shape index (κ2) is 11.8. The molecule has 0 spiro atoms. The lowest BCUT2D eigenvalue weighted by atomic mass is 10.1. The Kier molecular flexibility index (Phi) is 8.30. The fraction of sp³-hybridized carbons (Fsp3) is 0.138. The van der Waals surface area contributed by atoms with Crippen LogP contribution in [0.4, 0.5) is 17.1 Å². The van der Waals surface area contributed by atoms with E-state index in [-0.39, 0.29) is 28.1 Å². The van der Waals surface area contributed by atoms with Gasteiger partial charge in [0.1, 0.15) is 10.7 Å². The zero-order valence-corrected chi connectivity index (χ0v) is 22.4.